The zero-order chi connectivity index (χ0) is 21.8. The van der Waals surface area contributed by atoms with E-state index in [4.69, 9.17) is 4.99 Å². The van der Waals surface area contributed by atoms with E-state index in [9.17, 15) is 0 Å². The topological polar surface area (TPSA) is 12.4 Å². The molecule has 0 saturated heterocycles. The smallest absolute Gasteiger partial charge is 0.0681 e. The van der Waals surface area contributed by atoms with E-state index in [1.165, 1.54) is 38.6 Å². The van der Waals surface area contributed by atoms with Gasteiger partial charge in [-0.05, 0) is 62.2 Å². The molecular weight excluding hydrogens is 374 g/mol. The lowest BCUT2D eigenvalue weighted by Crippen LogP contribution is -2.27. The lowest BCUT2D eigenvalue weighted by atomic mass is 9.74. The largest absolute Gasteiger partial charge is 0.252 e. The van der Waals surface area contributed by atoms with E-state index in [1.807, 2.05) is 0 Å². The van der Waals surface area contributed by atoms with Crippen molar-refractivity contribution in [2.24, 2.45) is 4.99 Å². The fourth-order valence-electron chi connectivity index (χ4n) is 5.02. The van der Waals surface area contributed by atoms with Crippen LogP contribution in [0.3, 0.4) is 0 Å². The number of hydrogen-bond donors (Lipinski definition) is 0. The van der Waals surface area contributed by atoms with Gasteiger partial charge in [0, 0.05) is 5.41 Å². The van der Waals surface area contributed by atoms with Crippen molar-refractivity contribution < 1.29 is 0 Å². The van der Waals surface area contributed by atoms with E-state index in [-0.39, 0.29) is 10.8 Å². The first kappa shape index (κ1) is 19.8. The molecule has 0 radical (unpaired) electrons. The van der Waals surface area contributed by atoms with Gasteiger partial charge >= 0.3 is 0 Å². The molecule has 0 aromatic heterocycles. The minimum absolute atomic E-state index is 0.0565. The Labute approximate surface area is 185 Å². The minimum Gasteiger partial charge on any atom is -0.252 e. The van der Waals surface area contributed by atoms with E-state index in [0.717, 1.165) is 11.4 Å². The molecule has 1 aliphatic rings. The molecule has 0 aliphatic carbocycles. The summed E-state index contributed by atoms with van der Waals surface area (Å²) in [5.74, 6) is 0. The summed E-state index contributed by atoms with van der Waals surface area (Å²) < 4.78 is 0. The highest BCUT2D eigenvalue weighted by Gasteiger charge is 2.38. The van der Waals surface area contributed by atoms with Crippen molar-refractivity contribution in [3.63, 3.8) is 0 Å². The highest BCUT2D eigenvalue weighted by atomic mass is 14.8. The Balaban J connectivity index is 1.72. The van der Waals surface area contributed by atoms with Gasteiger partial charge < -0.3 is 0 Å². The second-order valence-electron chi connectivity index (χ2n) is 10.1. The molecule has 0 spiro atoms. The standard InChI is InChI=1S/C30H29N/c1-29(2,3)25-19-22(18-21-14-9-10-15-23(21)25)28-30(4,5)27-24(16-11-17-26(27)31-28)20-12-7-6-8-13-20/h6-19H,1-5H3. The highest BCUT2D eigenvalue weighted by Crippen LogP contribution is 2.47. The van der Waals surface area contributed by atoms with E-state index in [1.54, 1.807) is 0 Å². The molecule has 0 amide bonds. The van der Waals surface area contributed by atoms with Crippen LogP contribution in [0.4, 0.5) is 5.69 Å². The van der Waals surface area contributed by atoms with Crippen molar-refractivity contribution in [2.45, 2.75) is 45.4 Å². The zero-order valence-corrected chi connectivity index (χ0v) is 19.0. The van der Waals surface area contributed by atoms with Crippen molar-refractivity contribution in [3.05, 3.63) is 102 Å². The Hall–Kier alpha value is -3.19. The maximum Gasteiger partial charge on any atom is 0.0681 e. The molecule has 31 heavy (non-hydrogen) atoms. The monoisotopic (exact) mass is 403 g/mol. The van der Waals surface area contributed by atoms with Gasteiger partial charge in [-0.1, -0.05) is 101 Å². The Bertz CT molecular complexity index is 1320. The molecule has 4 aromatic rings. The molecule has 1 heteroatoms. The average molecular weight is 404 g/mol. The number of hydrogen-bond acceptors (Lipinski definition) is 1. The number of benzene rings is 4. The van der Waals surface area contributed by atoms with Crippen LogP contribution in [0.15, 0.2) is 89.9 Å². The number of nitrogens with zero attached hydrogens (tertiary/aromatic N) is 1. The summed E-state index contributed by atoms with van der Waals surface area (Å²) in [4.78, 5) is 5.21. The molecule has 1 aliphatic heterocycles. The van der Waals surface area contributed by atoms with Gasteiger partial charge in [0.25, 0.3) is 0 Å². The number of rotatable bonds is 2. The molecule has 0 bridgehead atoms. The summed E-state index contributed by atoms with van der Waals surface area (Å²) in [7, 11) is 0. The van der Waals surface area contributed by atoms with Gasteiger partial charge in [-0.25, -0.2) is 0 Å². The summed E-state index contributed by atoms with van der Waals surface area (Å²) in [5.41, 5.74) is 8.56. The van der Waals surface area contributed by atoms with Crippen LogP contribution in [-0.2, 0) is 10.8 Å². The molecular formula is C30H29N. The van der Waals surface area contributed by atoms with Crippen molar-refractivity contribution >= 4 is 22.2 Å². The van der Waals surface area contributed by atoms with Crippen molar-refractivity contribution in [1.82, 2.24) is 0 Å². The van der Waals surface area contributed by atoms with Crippen LogP contribution in [0.25, 0.3) is 21.9 Å². The van der Waals surface area contributed by atoms with Gasteiger partial charge in [0.2, 0.25) is 0 Å². The zero-order valence-electron chi connectivity index (χ0n) is 19.0. The normalized spacial score (nSPS) is 15.1. The lowest BCUT2D eigenvalue weighted by molar-refractivity contribution is 0.595. The summed E-state index contributed by atoms with van der Waals surface area (Å²) in [6.07, 6.45) is 0. The second kappa shape index (κ2) is 6.92. The van der Waals surface area contributed by atoms with E-state index >= 15 is 0 Å². The van der Waals surface area contributed by atoms with Gasteiger partial charge in [0.05, 0.1) is 11.4 Å². The Kier molecular flexibility index (Phi) is 4.41. The predicted molar refractivity (Wildman–Crippen MR) is 134 cm³/mol. The van der Waals surface area contributed by atoms with Gasteiger partial charge in [-0.15, -0.1) is 0 Å². The molecule has 154 valence electrons. The Morgan fingerprint density at radius 1 is 0.710 bits per heavy atom. The molecule has 0 N–H and O–H groups in total. The van der Waals surface area contributed by atoms with E-state index < -0.39 is 0 Å². The first-order valence-corrected chi connectivity index (χ1v) is 11.1. The van der Waals surface area contributed by atoms with Crippen LogP contribution in [-0.4, -0.2) is 5.71 Å². The van der Waals surface area contributed by atoms with Crippen LogP contribution in [0, 0.1) is 0 Å². The number of fused-ring (bicyclic) bond motifs is 2. The first-order chi connectivity index (χ1) is 14.8. The van der Waals surface area contributed by atoms with Crippen LogP contribution in [0.5, 0.6) is 0 Å². The van der Waals surface area contributed by atoms with Crippen molar-refractivity contribution in [1.29, 1.82) is 0 Å². The maximum atomic E-state index is 5.21. The molecule has 0 unspecified atom stereocenters. The van der Waals surface area contributed by atoms with Gasteiger partial charge in [0.1, 0.15) is 0 Å². The highest BCUT2D eigenvalue weighted by molar-refractivity contribution is 6.15. The molecule has 0 saturated carbocycles. The molecule has 1 nitrogen and oxygen atoms in total. The van der Waals surface area contributed by atoms with E-state index in [2.05, 4.69) is 120 Å². The summed E-state index contributed by atoms with van der Waals surface area (Å²) in [5, 5.41) is 2.61. The van der Waals surface area contributed by atoms with Gasteiger partial charge in [-0.2, -0.15) is 0 Å². The average Bonchev–Trinajstić information content (AvgIpc) is 3.04. The van der Waals surface area contributed by atoms with Crippen LogP contribution in [0.1, 0.15) is 51.3 Å². The quantitative estimate of drug-likeness (QED) is 0.320. The van der Waals surface area contributed by atoms with Crippen molar-refractivity contribution in [3.8, 4) is 11.1 Å². The third kappa shape index (κ3) is 3.20. The SMILES string of the molecule is CC(C)(C)c1cc(C2=Nc3cccc(-c4ccccc4)c3C2(C)C)cc2ccccc12. The predicted octanol–water partition coefficient (Wildman–Crippen LogP) is 8.22. The third-order valence-corrected chi connectivity index (χ3v) is 6.52. The molecule has 4 aromatic carbocycles. The lowest BCUT2D eigenvalue weighted by Gasteiger charge is -2.27. The third-order valence-electron chi connectivity index (χ3n) is 6.52. The van der Waals surface area contributed by atoms with Crippen LogP contribution < -0.4 is 0 Å². The Morgan fingerprint density at radius 3 is 2.16 bits per heavy atom. The summed E-state index contributed by atoms with van der Waals surface area (Å²) in [6, 6.07) is 30.6. The second-order valence-corrected chi connectivity index (χ2v) is 10.1. The minimum atomic E-state index is -0.181. The van der Waals surface area contributed by atoms with Gasteiger partial charge in [0.15, 0.2) is 0 Å². The number of aliphatic imine (C=N–C) groups is 1. The molecule has 0 fully saturated rings. The van der Waals surface area contributed by atoms with Crippen LogP contribution >= 0.6 is 0 Å². The fraction of sp³-hybridized carbons (Fsp3) is 0.233. The first-order valence-electron chi connectivity index (χ1n) is 11.1. The van der Waals surface area contributed by atoms with Gasteiger partial charge in [-0.3, -0.25) is 4.99 Å². The summed E-state index contributed by atoms with van der Waals surface area (Å²) >= 11 is 0. The summed E-state index contributed by atoms with van der Waals surface area (Å²) in [6.45, 7) is 11.5. The fourth-order valence-corrected chi connectivity index (χ4v) is 5.02. The Morgan fingerprint density at radius 2 is 1.42 bits per heavy atom. The van der Waals surface area contributed by atoms with E-state index in [0.29, 0.717) is 0 Å². The molecule has 1 heterocycles. The van der Waals surface area contributed by atoms with Crippen LogP contribution in [0.2, 0.25) is 0 Å². The molecule has 5 rings (SSSR count). The maximum absolute atomic E-state index is 5.21. The molecule has 0 atom stereocenters. The van der Waals surface area contributed by atoms with Crippen molar-refractivity contribution in [2.75, 3.05) is 0 Å².